The van der Waals surface area contributed by atoms with Crippen LogP contribution < -0.4 is 10.2 Å². The van der Waals surface area contributed by atoms with Crippen LogP contribution in [-0.2, 0) is 17.6 Å². The fraction of sp³-hybridized carbons (Fsp3) is 0.345. The average molecular weight is 471 g/mol. The molecule has 0 aliphatic carbocycles. The standard InChI is InChI=1S/C29H34N4O2/c1-22-8-11-25(12-9-22)20-28(34)33-18-16-32(17-19-33)27-15-14-26(21-30-27)29(35)31-23(2)10-13-24-6-4-3-5-7-24/h3-9,11-12,14-15,21,23H,10,13,16-20H2,1-2H3,(H,31,35). The van der Waals surface area contributed by atoms with Crippen LogP contribution in [0.5, 0.6) is 0 Å². The smallest absolute Gasteiger partial charge is 0.253 e. The van der Waals surface area contributed by atoms with Gasteiger partial charge in [-0.2, -0.15) is 0 Å². The van der Waals surface area contributed by atoms with Crippen molar-refractivity contribution in [2.45, 2.75) is 39.2 Å². The number of amides is 2. The Kier molecular flexibility index (Phi) is 8.14. The molecule has 1 aromatic heterocycles. The van der Waals surface area contributed by atoms with E-state index in [9.17, 15) is 9.59 Å². The summed E-state index contributed by atoms with van der Waals surface area (Å²) in [5.41, 5.74) is 4.08. The molecular weight excluding hydrogens is 436 g/mol. The molecular formula is C29H34N4O2. The van der Waals surface area contributed by atoms with Crippen LogP contribution in [0.15, 0.2) is 72.9 Å². The van der Waals surface area contributed by atoms with Crippen molar-refractivity contribution in [3.05, 3.63) is 95.2 Å². The number of carbonyl (C=O) groups excluding carboxylic acids is 2. The maximum atomic E-state index is 12.7. The van der Waals surface area contributed by atoms with Gasteiger partial charge in [-0.15, -0.1) is 0 Å². The summed E-state index contributed by atoms with van der Waals surface area (Å²) in [6.45, 7) is 6.89. The van der Waals surface area contributed by atoms with Crippen molar-refractivity contribution in [2.75, 3.05) is 31.1 Å². The zero-order valence-corrected chi connectivity index (χ0v) is 20.6. The number of pyridine rings is 1. The minimum absolute atomic E-state index is 0.0768. The summed E-state index contributed by atoms with van der Waals surface area (Å²) < 4.78 is 0. The third-order valence-electron chi connectivity index (χ3n) is 6.53. The molecule has 1 N–H and O–H groups in total. The molecule has 0 bridgehead atoms. The fourth-order valence-corrected chi connectivity index (χ4v) is 4.29. The normalized spacial score (nSPS) is 14.5. The van der Waals surface area contributed by atoms with Crippen LogP contribution >= 0.6 is 0 Å². The molecule has 4 rings (SSSR count). The second-order valence-corrected chi connectivity index (χ2v) is 9.33. The van der Waals surface area contributed by atoms with E-state index < -0.39 is 0 Å². The highest BCUT2D eigenvalue weighted by Crippen LogP contribution is 2.16. The quantitative estimate of drug-likeness (QED) is 0.540. The highest BCUT2D eigenvalue weighted by Gasteiger charge is 2.22. The Hall–Kier alpha value is -3.67. The molecule has 6 heteroatoms. The number of carbonyl (C=O) groups is 2. The monoisotopic (exact) mass is 470 g/mol. The minimum atomic E-state index is -0.101. The third-order valence-corrected chi connectivity index (χ3v) is 6.53. The maximum absolute atomic E-state index is 12.7. The van der Waals surface area contributed by atoms with Crippen LogP contribution in [0.2, 0.25) is 0 Å². The molecule has 1 atom stereocenters. The molecule has 1 unspecified atom stereocenters. The van der Waals surface area contributed by atoms with Gasteiger partial charge in [-0.3, -0.25) is 9.59 Å². The first-order valence-electron chi connectivity index (χ1n) is 12.4. The molecule has 0 spiro atoms. The van der Waals surface area contributed by atoms with E-state index in [2.05, 4.69) is 27.3 Å². The van der Waals surface area contributed by atoms with Crippen molar-refractivity contribution in [2.24, 2.45) is 0 Å². The molecule has 2 amide bonds. The molecule has 0 saturated carbocycles. The topological polar surface area (TPSA) is 65.5 Å². The number of hydrogen-bond donors (Lipinski definition) is 1. The van der Waals surface area contributed by atoms with Crippen molar-refractivity contribution >= 4 is 17.6 Å². The molecule has 3 aromatic rings. The predicted molar refractivity (Wildman–Crippen MR) is 140 cm³/mol. The van der Waals surface area contributed by atoms with Gasteiger partial charge in [-0.25, -0.2) is 4.98 Å². The number of nitrogens with one attached hydrogen (secondary N) is 1. The van der Waals surface area contributed by atoms with Crippen molar-refractivity contribution in [1.29, 1.82) is 0 Å². The van der Waals surface area contributed by atoms with Gasteiger partial charge in [0.15, 0.2) is 0 Å². The molecule has 35 heavy (non-hydrogen) atoms. The molecule has 6 nitrogen and oxygen atoms in total. The van der Waals surface area contributed by atoms with Crippen molar-refractivity contribution in [1.82, 2.24) is 15.2 Å². The van der Waals surface area contributed by atoms with E-state index in [0.717, 1.165) is 37.3 Å². The van der Waals surface area contributed by atoms with Crippen molar-refractivity contribution in [3.63, 3.8) is 0 Å². The van der Waals surface area contributed by atoms with E-state index in [-0.39, 0.29) is 17.9 Å². The lowest BCUT2D eigenvalue weighted by Crippen LogP contribution is -2.49. The Morgan fingerprint density at radius 2 is 1.63 bits per heavy atom. The number of rotatable bonds is 8. The van der Waals surface area contributed by atoms with E-state index in [1.54, 1.807) is 6.20 Å². The van der Waals surface area contributed by atoms with Crippen LogP contribution in [0.25, 0.3) is 0 Å². The number of piperazine rings is 1. The summed E-state index contributed by atoms with van der Waals surface area (Å²) in [4.78, 5) is 33.9. The number of hydrogen-bond acceptors (Lipinski definition) is 4. The highest BCUT2D eigenvalue weighted by molar-refractivity contribution is 5.94. The van der Waals surface area contributed by atoms with E-state index in [1.165, 1.54) is 11.1 Å². The Morgan fingerprint density at radius 3 is 2.29 bits per heavy atom. The largest absolute Gasteiger partial charge is 0.353 e. The van der Waals surface area contributed by atoms with Crippen LogP contribution in [0.3, 0.4) is 0 Å². The molecule has 182 valence electrons. The summed E-state index contributed by atoms with van der Waals surface area (Å²) in [5, 5.41) is 3.07. The summed E-state index contributed by atoms with van der Waals surface area (Å²) >= 11 is 0. The van der Waals surface area contributed by atoms with Gasteiger partial charge in [-0.1, -0.05) is 60.2 Å². The van der Waals surface area contributed by atoms with Gasteiger partial charge >= 0.3 is 0 Å². The third kappa shape index (κ3) is 6.92. The Morgan fingerprint density at radius 1 is 0.914 bits per heavy atom. The molecule has 1 aliphatic heterocycles. The first-order chi connectivity index (χ1) is 17.0. The number of anilines is 1. The van der Waals surface area contributed by atoms with E-state index in [1.807, 2.05) is 73.3 Å². The first kappa shape index (κ1) is 24.5. The van der Waals surface area contributed by atoms with Crippen molar-refractivity contribution < 1.29 is 9.59 Å². The zero-order valence-electron chi connectivity index (χ0n) is 20.6. The first-order valence-corrected chi connectivity index (χ1v) is 12.4. The van der Waals surface area contributed by atoms with Gasteiger partial charge in [0.05, 0.1) is 12.0 Å². The summed E-state index contributed by atoms with van der Waals surface area (Å²) in [6.07, 6.45) is 3.89. The van der Waals surface area contributed by atoms with Crippen LogP contribution in [-0.4, -0.2) is 53.9 Å². The Balaban J connectivity index is 1.23. The molecule has 2 aromatic carbocycles. The summed E-state index contributed by atoms with van der Waals surface area (Å²) in [5.74, 6) is 0.898. The maximum Gasteiger partial charge on any atom is 0.253 e. The lowest BCUT2D eigenvalue weighted by molar-refractivity contribution is -0.130. The van der Waals surface area contributed by atoms with E-state index in [0.29, 0.717) is 25.1 Å². The predicted octanol–water partition coefficient (Wildman–Crippen LogP) is 4.03. The molecule has 1 fully saturated rings. The number of aromatic nitrogens is 1. The van der Waals surface area contributed by atoms with Gasteiger partial charge in [0.1, 0.15) is 5.82 Å². The number of benzene rings is 2. The zero-order chi connectivity index (χ0) is 24.6. The van der Waals surface area contributed by atoms with Gasteiger partial charge < -0.3 is 15.1 Å². The second kappa shape index (κ2) is 11.6. The Labute approximate surface area is 208 Å². The van der Waals surface area contributed by atoms with Crippen LogP contribution in [0, 0.1) is 6.92 Å². The SMILES string of the molecule is Cc1ccc(CC(=O)N2CCN(c3ccc(C(=O)NC(C)CCc4ccccc4)cn3)CC2)cc1. The van der Waals surface area contributed by atoms with E-state index in [4.69, 9.17) is 0 Å². The second-order valence-electron chi connectivity index (χ2n) is 9.33. The van der Waals surface area contributed by atoms with Gasteiger partial charge in [0.2, 0.25) is 5.91 Å². The van der Waals surface area contributed by atoms with Gasteiger partial charge in [-0.05, 0) is 49.9 Å². The van der Waals surface area contributed by atoms with Crippen LogP contribution in [0.4, 0.5) is 5.82 Å². The Bertz CT molecular complexity index is 1110. The molecule has 1 aliphatic rings. The number of aryl methyl sites for hydroxylation is 2. The van der Waals surface area contributed by atoms with Gasteiger partial charge in [0, 0.05) is 38.4 Å². The van der Waals surface area contributed by atoms with Crippen LogP contribution in [0.1, 0.15) is 40.4 Å². The lowest BCUT2D eigenvalue weighted by atomic mass is 10.1. The summed E-state index contributed by atoms with van der Waals surface area (Å²) in [6, 6.07) is 22.2. The van der Waals surface area contributed by atoms with Crippen molar-refractivity contribution in [3.8, 4) is 0 Å². The molecule has 2 heterocycles. The summed E-state index contributed by atoms with van der Waals surface area (Å²) in [7, 11) is 0. The average Bonchev–Trinajstić information content (AvgIpc) is 2.89. The minimum Gasteiger partial charge on any atom is -0.353 e. The number of nitrogens with zero attached hydrogens (tertiary/aromatic N) is 3. The highest BCUT2D eigenvalue weighted by atomic mass is 16.2. The molecule has 0 radical (unpaired) electrons. The van der Waals surface area contributed by atoms with Gasteiger partial charge in [0.25, 0.3) is 5.91 Å². The molecule has 1 saturated heterocycles. The fourth-order valence-electron chi connectivity index (χ4n) is 4.29. The van der Waals surface area contributed by atoms with E-state index >= 15 is 0 Å². The lowest BCUT2D eigenvalue weighted by Gasteiger charge is -2.35.